The number of hydrogen-bond acceptors (Lipinski definition) is 6. The van der Waals surface area contributed by atoms with E-state index in [0.29, 0.717) is 33.0 Å². The maximum absolute atomic E-state index is 12.5. The predicted octanol–water partition coefficient (Wildman–Crippen LogP) is 4.10. The van der Waals surface area contributed by atoms with Crippen LogP contribution in [0.5, 0.6) is 0 Å². The molecule has 0 saturated heterocycles. The van der Waals surface area contributed by atoms with Crippen LogP contribution >= 0.6 is 23.4 Å². The molecule has 10 heteroatoms. The van der Waals surface area contributed by atoms with Crippen LogP contribution in [-0.2, 0) is 4.79 Å². The summed E-state index contributed by atoms with van der Waals surface area (Å²) in [5.41, 5.74) is 1.91. The van der Waals surface area contributed by atoms with E-state index in [9.17, 15) is 10.0 Å². The Hall–Kier alpha value is -2.72. The van der Waals surface area contributed by atoms with E-state index >= 15 is 0 Å². The minimum atomic E-state index is -0.503. The Morgan fingerprint density at radius 1 is 1.37 bits per heavy atom. The molecule has 1 amide bonds. The molecule has 8 nitrogen and oxygen atoms in total. The van der Waals surface area contributed by atoms with Crippen molar-refractivity contribution in [3.05, 3.63) is 51.9 Å². The number of thioether (sulfide) groups is 1. The summed E-state index contributed by atoms with van der Waals surface area (Å²) in [6.07, 6.45) is 4.30. The molecule has 0 aliphatic carbocycles. The van der Waals surface area contributed by atoms with Crippen LogP contribution in [0.2, 0.25) is 5.02 Å². The van der Waals surface area contributed by atoms with Gasteiger partial charge in [0.15, 0.2) is 5.84 Å². The largest absolute Gasteiger partial charge is 0.630 e. The Balaban J connectivity index is 1.60. The molecule has 0 atom stereocenters. The van der Waals surface area contributed by atoms with Gasteiger partial charge in [0.25, 0.3) is 5.91 Å². The van der Waals surface area contributed by atoms with Gasteiger partial charge in [-0.05, 0) is 48.9 Å². The molecule has 1 aromatic heterocycles. The number of nitrogens with two attached hydrogens (primary N) is 1. The molecule has 0 radical (unpaired) electrons. The number of hydrazone groups is 1. The van der Waals surface area contributed by atoms with Crippen LogP contribution in [0.3, 0.4) is 0 Å². The number of amidine groups is 2. The number of halogens is 1. The van der Waals surface area contributed by atoms with Crippen LogP contribution < -0.4 is 5.48 Å². The number of rotatable bonds is 6. The molecule has 0 bridgehead atoms. The predicted molar refractivity (Wildman–Crippen MR) is 119 cm³/mol. The van der Waals surface area contributed by atoms with Gasteiger partial charge in [-0.15, -0.1) is 0 Å². The summed E-state index contributed by atoms with van der Waals surface area (Å²) in [6, 6.07) is 8.29. The van der Waals surface area contributed by atoms with Gasteiger partial charge in [-0.2, -0.15) is 15.1 Å². The van der Waals surface area contributed by atoms with Crippen LogP contribution in [0.4, 0.5) is 5.69 Å². The minimum Gasteiger partial charge on any atom is -0.630 e. The van der Waals surface area contributed by atoms with Crippen molar-refractivity contribution in [1.82, 2.24) is 5.01 Å². The summed E-state index contributed by atoms with van der Waals surface area (Å²) in [7, 11) is 0. The van der Waals surface area contributed by atoms with Crippen LogP contribution in [0.25, 0.3) is 17.4 Å². The number of fused-ring (bicyclic) bond motifs is 1. The second-order valence-corrected chi connectivity index (χ2v) is 8.12. The van der Waals surface area contributed by atoms with Gasteiger partial charge in [-0.3, -0.25) is 10.2 Å². The standard InChI is InChI=1S/C20H18ClN5O3S/c1-2-3-4-17-24-26-18(22)14(19(27)23-20(26)30-17)10-12-6-8-16(29-12)13-7-5-11(25-28)9-15(13)21/h5-10,22H,2-4,25H2,1H3/b14-10-,22-18?. The fraction of sp³-hybridized carbons (Fsp3) is 0.200. The topological polar surface area (TPSA) is 122 Å². The molecule has 4 rings (SSSR count). The van der Waals surface area contributed by atoms with E-state index in [0.717, 1.165) is 29.8 Å². The Bertz CT molecular complexity index is 1120. The Labute approximate surface area is 181 Å². The summed E-state index contributed by atoms with van der Waals surface area (Å²) in [5.74, 6) is 0.335. The van der Waals surface area contributed by atoms with Crippen molar-refractivity contribution in [3.63, 3.8) is 0 Å². The number of quaternary nitrogens is 1. The zero-order valence-corrected chi connectivity index (χ0v) is 17.6. The lowest BCUT2D eigenvalue weighted by Gasteiger charge is -2.19. The van der Waals surface area contributed by atoms with E-state index in [1.165, 1.54) is 22.8 Å². The third-order valence-electron chi connectivity index (χ3n) is 4.55. The van der Waals surface area contributed by atoms with E-state index < -0.39 is 5.91 Å². The maximum atomic E-state index is 12.5. The van der Waals surface area contributed by atoms with Gasteiger partial charge in [-0.25, -0.2) is 0 Å². The smallest absolute Gasteiger partial charge is 0.283 e. The van der Waals surface area contributed by atoms with E-state index in [1.54, 1.807) is 30.3 Å². The quantitative estimate of drug-likeness (QED) is 0.395. The molecule has 1 aromatic carbocycles. The minimum absolute atomic E-state index is 0.0321. The highest BCUT2D eigenvalue weighted by Crippen LogP contribution is 2.33. The molecule has 3 heterocycles. The van der Waals surface area contributed by atoms with Gasteiger partial charge < -0.3 is 15.1 Å². The van der Waals surface area contributed by atoms with Crippen molar-refractivity contribution in [1.29, 1.82) is 5.41 Å². The number of nitrogens with one attached hydrogen (secondary N) is 1. The van der Waals surface area contributed by atoms with Crippen LogP contribution in [0.15, 0.2) is 50.4 Å². The van der Waals surface area contributed by atoms with Crippen molar-refractivity contribution in [2.75, 3.05) is 0 Å². The lowest BCUT2D eigenvalue weighted by Crippen LogP contribution is -2.70. The van der Waals surface area contributed by atoms with Crippen LogP contribution in [0, 0.1) is 10.6 Å². The summed E-state index contributed by atoms with van der Waals surface area (Å²) in [6.45, 7) is 2.10. The number of carbonyl (C=O) groups excluding carboxylic acids is 1. The molecule has 2 aliphatic heterocycles. The first-order valence-corrected chi connectivity index (χ1v) is 10.5. The van der Waals surface area contributed by atoms with Crippen molar-refractivity contribution >= 4 is 57.1 Å². The summed E-state index contributed by atoms with van der Waals surface area (Å²) in [4.78, 5) is 16.6. The molecule has 0 fully saturated rings. The Morgan fingerprint density at radius 3 is 2.93 bits per heavy atom. The average molecular weight is 444 g/mol. The number of furan rings is 1. The third-order valence-corrected chi connectivity index (χ3v) is 5.83. The second kappa shape index (κ2) is 8.57. The van der Waals surface area contributed by atoms with Crippen molar-refractivity contribution in [3.8, 4) is 11.3 Å². The molecule has 3 N–H and O–H groups in total. The summed E-state index contributed by atoms with van der Waals surface area (Å²) < 4.78 is 5.80. The molecule has 0 spiro atoms. The second-order valence-electron chi connectivity index (χ2n) is 6.68. The lowest BCUT2D eigenvalue weighted by atomic mass is 10.1. The van der Waals surface area contributed by atoms with Crippen molar-refractivity contribution in [2.24, 2.45) is 10.1 Å². The first-order valence-electron chi connectivity index (χ1n) is 9.34. The monoisotopic (exact) mass is 443 g/mol. The van der Waals surface area contributed by atoms with Gasteiger partial charge in [0, 0.05) is 17.7 Å². The number of carbonyl (C=O) groups is 1. The molecule has 0 unspecified atom stereocenters. The maximum Gasteiger partial charge on any atom is 0.283 e. The van der Waals surface area contributed by atoms with Crippen LogP contribution in [0.1, 0.15) is 31.9 Å². The number of amides is 1. The van der Waals surface area contributed by atoms with E-state index in [1.807, 2.05) is 0 Å². The fourth-order valence-electron chi connectivity index (χ4n) is 2.98. The SMILES string of the molecule is CCCCC1=NN2C(=N)/C(=C/c3ccc(-c4ccc([NH2+][O-])cc4Cl)o3)C(=O)N=C2S1. The lowest BCUT2D eigenvalue weighted by molar-refractivity contribution is -0.497. The molecular weight excluding hydrogens is 426 g/mol. The van der Waals surface area contributed by atoms with Crippen molar-refractivity contribution in [2.45, 2.75) is 26.2 Å². The van der Waals surface area contributed by atoms with Gasteiger partial charge in [0.2, 0.25) is 5.17 Å². The highest BCUT2D eigenvalue weighted by molar-refractivity contribution is 8.26. The van der Waals surface area contributed by atoms with E-state index in [4.69, 9.17) is 21.4 Å². The van der Waals surface area contributed by atoms with E-state index in [2.05, 4.69) is 17.0 Å². The summed E-state index contributed by atoms with van der Waals surface area (Å²) >= 11 is 7.57. The zero-order valence-electron chi connectivity index (χ0n) is 16.0. The first-order chi connectivity index (χ1) is 14.5. The number of unbranched alkanes of at least 4 members (excludes halogenated alkanes) is 1. The molecule has 2 aromatic rings. The summed E-state index contributed by atoms with van der Waals surface area (Å²) in [5, 5.41) is 26.7. The highest BCUT2D eigenvalue weighted by atomic mass is 35.5. The van der Waals surface area contributed by atoms with Crippen LogP contribution in [-0.4, -0.2) is 27.0 Å². The fourth-order valence-corrected chi connectivity index (χ4v) is 4.19. The average Bonchev–Trinajstić information content (AvgIpc) is 3.36. The number of aliphatic imine (C=N–C) groups is 1. The highest BCUT2D eigenvalue weighted by Gasteiger charge is 2.35. The first kappa shape index (κ1) is 20.5. The molecule has 30 heavy (non-hydrogen) atoms. The normalized spacial score (nSPS) is 17.4. The van der Waals surface area contributed by atoms with Gasteiger partial charge in [0.05, 0.1) is 10.6 Å². The third kappa shape index (κ3) is 3.97. The molecule has 154 valence electrons. The Kier molecular flexibility index (Phi) is 5.87. The van der Waals surface area contributed by atoms with Crippen molar-refractivity contribution < 1.29 is 14.7 Å². The van der Waals surface area contributed by atoms with Gasteiger partial charge in [0.1, 0.15) is 22.3 Å². The molecule has 0 saturated carbocycles. The van der Waals surface area contributed by atoms with E-state index in [-0.39, 0.29) is 11.4 Å². The molecular formula is C20H18ClN5O3S. The van der Waals surface area contributed by atoms with Gasteiger partial charge in [-0.1, -0.05) is 24.9 Å². The van der Waals surface area contributed by atoms with Gasteiger partial charge >= 0.3 is 0 Å². The number of nitrogens with zero attached hydrogens (tertiary/aromatic N) is 3. The molecule has 2 aliphatic rings. The Morgan fingerprint density at radius 2 is 2.20 bits per heavy atom. The number of benzene rings is 1. The zero-order chi connectivity index (χ0) is 21.3. The number of hydrogen-bond donors (Lipinski definition) is 2.